The van der Waals surface area contributed by atoms with E-state index in [0.717, 1.165) is 19.7 Å². The maximum atomic E-state index is 5.54. The van der Waals surface area contributed by atoms with Gasteiger partial charge < -0.3 is 15.0 Å². The molecule has 0 saturated heterocycles. The fraction of sp³-hybridized carbons (Fsp3) is 1.00. The first-order valence-corrected chi connectivity index (χ1v) is 7.09. The second kappa shape index (κ2) is 11.0. The Labute approximate surface area is 108 Å². The van der Waals surface area contributed by atoms with Gasteiger partial charge in [-0.25, -0.2) is 0 Å². The van der Waals surface area contributed by atoms with E-state index in [4.69, 9.17) is 4.74 Å². The summed E-state index contributed by atoms with van der Waals surface area (Å²) in [5, 5.41) is 3.45. The van der Waals surface area contributed by atoms with Crippen molar-refractivity contribution >= 4 is 0 Å². The van der Waals surface area contributed by atoms with Crippen molar-refractivity contribution in [1.29, 1.82) is 0 Å². The molecular formula is C14H32N2O. The van der Waals surface area contributed by atoms with Crippen molar-refractivity contribution in [2.75, 3.05) is 33.3 Å². The fourth-order valence-corrected chi connectivity index (χ4v) is 1.84. The summed E-state index contributed by atoms with van der Waals surface area (Å²) in [4.78, 5) is 2.36. The molecular weight excluding hydrogens is 212 g/mol. The van der Waals surface area contributed by atoms with Crippen LogP contribution in [0.2, 0.25) is 0 Å². The number of unbranched alkanes of at least 4 members (excludes halogenated alkanes) is 1. The van der Waals surface area contributed by atoms with Crippen LogP contribution in [0, 0.1) is 0 Å². The van der Waals surface area contributed by atoms with Crippen LogP contribution < -0.4 is 5.32 Å². The van der Waals surface area contributed by atoms with Crippen LogP contribution in [0.15, 0.2) is 0 Å². The normalized spacial score (nSPS) is 13.6. The molecule has 0 aromatic carbocycles. The Kier molecular flexibility index (Phi) is 10.9. The maximum Gasteiger partial charge on any atom is 0.0596 e. The van der Waals surface area contributed by atoms with Gasteiger partial charge in [0.25, 0.3) is 0 Å². The van der Waals surface area contributed by atoms with Crippen molar-refractivity contribution in [1.82, 2.24) is 10.2 Å². The molecule has 0 aliphatic rings. The molecule has 0 fully saturated rings. The predicted molar refractivity (Wildman–Crippen MR) is 75.6 cm³/mol. The average molecular weight is 244 g/mol. The summed E-state index contributed by atoms with van der Waals surface area (Å²) >= 11 is 0. The smallest absolute Gasteiger partial charge is 0.0596 e. The Hall–Kier alpha value is -0.120. The summed E-state index contributed by atoms with van der Waals surface area (Å²) in [5.74, 6) is 0. The van der Waals surface area contributed by atoms with Crippen molar-refractivity contribution < 1.29 is 4.74 Å². The third-order valence-corrected chi connectivity index (χ3v) is 2.90. The minimum Gasteiger partial charge on any atom is -0.377 e. The zero-order chi connectivity index (χ0) is 13.1. The molecule has 0 aromatic heterocycles. The van der Waals surface area contributed by atoms with Gasteiger partial charge in [0.15, 0.2) is 0 Å². The van der Waals surface area contributed by atoms with E-state index in [9.17, 15) is 0 Å². The highest BCUT2D eigenvalue weighted by atomic mass is 16.5. The van der Waals surface area contributed by atoms with Crippen LogP contribution in [0.1, 0.15) is 47.0 Å². The lowest BCUT2D eigenvalue weighted by Crippen LogP contribution is -2.27. The number of ether oxygens (including phenoxy) is 1. The molecule has 0 saturated carbocycles. The third-order valence-electron chi connectivity index (χ3n) is 2.90. The quantitative estimate of drug-likeness (QED) is 0.565. The average Bonchev–Trinajstić information content (AvgIpc) is 2.24. The van der Waals surface area contributed by atoms with Gasteiger partial charge >= 0.3 is 0 Å². The van der Waals surface area contributed by atoms with Gasteiger partial charge in [-0.2, -0.15) is 0 Å². The summed E-state index contributed by atoms with van der Waals surface area (Å²) in [5.41, 5.74) is 0. The van der Waals surface area contributed by atoms with Crippen LogP contribution in [-0.2, 0) is 4.74 Å². The van der Waals surface area contributed by atoms with Gasteiger partial charge in [-0.15, -0.1) is 0 Å². The lowest BCUT2D eigenvalue weighted by Gasteiger charge is -2.18. The molecule has 1 N–H and O–H groups in total. The minimum atomic E-state index is 0.351. The second-order valence-electron chi connectivity index (χ2n) is 5.18. The van der Waals surface area contributed by atoms with Crippen molar-refractivity contribution in [3.05, 3.63) is 0 Å². The number of nitrogens with zero attached hydrogens (tertiary/aromatic N) is 1. The SMILES string of the molecule is CCNC(C)CCCCN(C)CCOC(C)C. The topological polar surface area (TPSA) is 24.5 Å². The Morgan fingerprint density at radius 2 is 1.82 bits per heavy atom. The number of nitrogens with one attached hydrogen (secondary N) is 1. The first-order valence-electron chi connectivity index (χ1n) is 7.09. The zero-order valence-electron chi connectivity index (χ0n) is 12.5. The van der Waals surface area contributed by atoms with Gasteiger partial charge in [-0.1, -0.05) is 13.3 Å². The fourth-order valence-electron chi connectivity index (χ4n) is 1.84. The molecule has 0 aliphatic heterocycles. The Balaban J connectivity index is 3.29. The molecule has 1 atom stereocenters. The summed E-state index contributed by atoms with van der Waals surface area (Å²) in [6.45, 7) is 12.8. The van der Waals surface area contributed by atoms with E-state index in [2.05, 4.69) is 45.0 Å². The van der Waals surface area contributed by atoms with E-state index in [1.807, 2.05) is 0 Å². The van der Waals surface area contributed by atoms with Crippen LogP contribution in [0.5, 0.6) is 0 Å². The van der Waals surface area contributed by atoms with Gasteiger partial charge in [0.2, 0.25) is 0 Å². The highest BCUT2D eigenvalue weighted by molar-refractivity contribution is 4.60. The molecule has 0 heterocycles. The van der Waals surface area contributed by atoms with Crippen molar-refractivity contribution in [3.8, 4) is 0 Å². The summed E-state index contributed by atoms with van der Waals surface area (Å²) < 4.78 is 5.54. The molecule has 1 unspecified atom stereocenters. The maximum absolute atomic E-state index is 5.54. The van der Waals surface area contributed by atoms with Crippen LogP contribution in [0.4, 0.5) is 0 Å². The van der Waals surface area contributed by atoms with Gasteiger partial charge in [0.1, 0.15) is 0 Å². The van der Waals surface area contributed by atoms with Crippen molar-refractivity contribution in [3.63, 3.8) is 0 Å². The van der Waals surface area contributed by atoms with Crippen LogP contribution in [-0.4, -0.2) is 50.3 Å². The molecule has 0 bridgehead atoms. The van der Waals surface area contributed by atoms with E-state index >= 15 is 0 Å². The summed E-state index contributed by atoms with van der Waals surface area (Å²) in [6, 6.07) is 0.662. The third kappa shape index (κ3) is 12.1. The summed E-state index contributed by atoms with van der Waals surface area (Å²) in [6.07, 6.45) is 4.23. The molecule has 104 valence electrons. The molecule has 3 heteroatoms. The Morgan fingerprint density at radius 1 is 1.12 bits per heavy atom. The second-order valence-corrected chi connectivity index (χ2v) is 5.18. The Morgan fingerprint density at radius 3 is 2.41 bits per heavy atom. The lowest BCUT2D eigenvalue weighted by atomic mass is 10.1. The Bertz CT molecular complexity index is 162. The van der Waals surface area contributed by atoms with Gasteiger partial charge in [-0.3, -0.25) is 0 Å². The predicted octanol–water partition coefficient (Wildman–Crippen LogP) is 2.51. The first kappa shape index (κ1) is 16.9. The number of likely N-dealkylation sites (N-methyl/N-ethyl adjacent to an activating group) is 1. The minimum absolute atomic E-state index is 0.351. The first-order chi connectivity index (χ1) is 8.06. The van der Waals surface area contributed by atoms with Gasteiger partial charge in [-0.05, 0) is 53.8 Å². The molecule has 17 heavy (non-hydrogen) atoms. The van der Waals surface area contributed by atoms with Gasteiger partial charge in [0, 0.05) is 12.6 Å². The highest BCUT2D eigenvalue weighted by Crippen LogP contribution is 2.01. The van der Waals surface area contributed by atoms with Crippen LogP contribution >= 0.6 is 0 Å². The number of hydrogen-bond donors (Lipinski definition) is 1. The number of hydrogen-bond acceptors (Lipinski definition) is 3. The van der Waals surface area contributed by atoms with E-state index in [1.54, 1.807) is 0 Å². The highest BCUT2D eigenvalue weighted by Gasteiger charge is 2.02. The molecule has 3 nitrogen and oxygen atoms in total. The summed E-state index contributed by atoms with van der Waals surface area (Å²) in [7, 11) is 2.18. The van der Waals surface area contributed by atoms with E-state index in [0.29, 0.717) is 12.1 Å². The molecule has 0 aliphatic carbocycles. The molecule has 0 radical (unpaired) electrons. The van der Waals surface area contributed by atoms with E-state index in [1.165, 1.54) is 25.8 Å². The molecule has 0 spiro atoms. The molecule has 0 aromatic rings. The van der Waals surface area contributed by atoms with Crippen molar-refractivity contribution in [2.24, 2.45) is 0 Å². The number of rotatable bonds is 11. The van der Waals surface area contributed by atoms with Crippen LogP contribution in [0.3, 0.4) is 0 Å². The zero-order valence-corrected chi connectivity index (χ0v) is 12.5. The monoisotopic (exact) mass is 244 g/mol. The van der Waals surface area contributed by atoms with Gasteiger partial charge in [0.05, 0.1) is 12.7 Å². The van der Waals surface area contributed by atoms with E-state index < -0.39 is 0 Å². The molecule has 0 rings (SSSR count). The van der Waals surface area contributed by atoms with E-state index in [-0.39, 0.29) is 0 Å². The largest absolute Gasteiger partial charge is 0.377 e. The molecule has 0 amide bonds. The lowest BCUT2D eigenvalue weighted by molar-refractivity contribution is 0.0636. The standard InChI is InChI=1S/C14H32N2O/c1-6-15-14(4)9-7-8-10-16(5)11-12-17-13(2)3/h13-15H,6-12H2,1-5H3. The van der Waals surface area contributed by atoms with Crippen LogP contribution in [0.25, 0.3) is 0 Å². The van der Waals surface area contributed by atoms with Crippen molar-refractivity contribution in [2.45, 2.75) is 59.1 Å².